The van der Waals surface area contributed by atoms with Crippen LogP contribution in [0.2, 0.25) is 0 Å². The SMILES string of the molecule is NC1=N[C@H](Cc2cccc(C(=O)O)c2)CS1.NC1=N[C@H](Cc2ccccc2)CS1. The molecule has 2 aliphatic rings. The van der Waals surface area contributed by atoms with Crippen molar-refractivity contribution >= 4 is 39.8 Å². The van der Waals surface area contributed by atoms with Crippen LogP contribution in [-0.2, 0) is 12.8 Å². The second-order valence-electron chi connectivity index (χ2n) is 6.76. The number of hydrogen-bond donors (Lipinski definition) is 3. The first-order chi connectivity index (χ1) is 14.0. The maximum absolute atomic E-state index is 10.8. The number of carbonyl (C=O) groups is 1. The van der Waals surface area contributed by atoms with E-state index < -0.39 is 5.97 Å². The van der Waals surface area contributed by atoms with Gasteiger partial charge in [0.2, 0.25) is 0 Å². The van der Waals surface area contributed by atoms with Crippen molar-refractivity contribution in [2.75, 3.05) is 11.5 Å². The molecule has 0 saturated heterocycles. The van der Waals surface area contributed by atoms with Gasteiger partial charge in [0.25, 0.3) is 0 Å². The zero-order valence-corrected chi connectivity index (χ0v) is 17.5. The van der Waals surface area contributed by atoms with Crippen molar-refractivity contribution in [1.29, 1.82) is 0 Å². The van der Waals surface area contributed by atoms with E-state index in [1.54, 1.807) is 41.7 Å². The van der Waals surface area contributed by atoms with Crippen LogP contribution in [0.1, 0.15) is 21.5 Å². The number of rotatable bonds is 5. The number of nitrogens with zero attached hydrogens (tertiary/aromatic N) is 2. The minimum absolute atomic E-state index is 0.175. The van der Waals surface area contributed by atoms with Crippen molar-refractivity contribution in [3.63, 3.8) is 0 Å². The van der Waals surface area contributed by atoms with E-state index in [9.17, 15) is 4.79 Å². The van der Waals surface area contributed by atoms with Crippen molar-refractivity contribution < 1.29 is 9.90 Å². The molecule has 2 aromatic carbocycles. The molecule has 0 saturated carbocycles. The Morgan fingerprint density at radius 2 is 1.45 bits per heavy atom. The highest BCUT2D eigenvalue weighted by atomic mass is 32.2. The average molecular weight is 429 g/mol. The summed E-state index contributed by atoms with van der Waals surface area (Å²) in [7, 11) is 0. The van der Waals surface area contributed by atoms with Crippen LogP contribution in [0.15, 0.2) is 64.6 Å². The van der Waals surface area contributed by atoms with Gasteiger partial charge in [0.1, 0.15) is 0 Å². The van der Waals surface area contributed by atoms with Crippen molar-refractivity contribution in [1.82, 2.24) is 0 Å². The fraction of sp³-hybridized carbons (Fsp3) is 0.286. The highest BCUT2D eigenvalue weighted by molar-refractivity contribution is 8.14. The predicted molar refractivity (Wildman–Crippen MR) is 123 cm³/mol. The van der Waals surface area contributed by atoms with Crippen molar-refractivity contribution in [2.24, 2.45) is 21.5 Å². The normalized spacial score (nSPS) is 20.4. The molecule has 0 spiro atoms. The zero-order chi connectivity index (χ0) is 20.6. The Balaban J connectivity index is 0.000000169. The quantitative estimate of drug-likeness (QED) is 0.674. The van der Waals surface area contributed by atoms with Crippen LogP contribution in [0.5, 0.6) is 0 Å². The lowest BCUT2D eigenvalue weighted by molar-refractivity contribution is 0.0696. The molecule has 5 N–H and O–H groups in total. The number of aromatic carboxylic acids is 1. The number of benzene rings is 2. The standard InChI is InChI=1S/C11H12N2O2S.C10H12N2S/c12-11-13-9(6-16-11)5-7-2-1-3-8(4-7)10(14)15;11-10-12-9(7-13-10)6-8-4-2-1-3-5-8/h1-4,9H,5-6H2,(H2,12,13)(H,14,15);1-5,9H,6-7H2,(H2,11,12)/t2*9-/m11/s1. The number of nitrogens with two attached hydrogens (primary N) is 2. The molecule has 29 heavy (non-hydrogen) atoms. The van der Waals surface area contributed by atoms with Crippen LogP contribution in [0, 0.1) is 0 Å². The van der Waals surface area contributed by atoms with Gasteiger partial charge >= 0.3 is 5.97 Å². The van der Waals surface area contributed by atoms with Crippen LogP contribution in [-0.4, -0.2) is 45.0 Å². The number of carboxylic acids is 1. The molecule has 4 rings (SSSR count). The summed E-state index contributed by atoms with van der Waals surface area (Å²) in [5.41, 5.74) is 13.8. The summed E-state index contributed by atoms with van der Waals surface area (Å²) in [6, 6.07) is 17.9. The Bertz CT molecular complexity index is 903. The summed E-state index contributed by atoms with van der Waals surface area (Å²) in [6.07, 6.45) is 1.75. The molecule has 152 valence electrons. The maximum Gasteiger partial charge on any atom is 0.335 e. The van der Waals surface area contributed by atoms with E-state index >= 15 is 0 Å². The molecule has 2 heterocycles. The van der Waals surface area contributed by atoms with E-state index in [1.807, 2.05) is 12.1 Å². The van der Waals surface area contributed by atoms with Crippen LogP contribution in [0.4, 0.5) is 0 Å². The summed E-state index contributed by atoms with van der Waals surface area (Å²) in [4.78, 5) is 19.4. The lowest BCUT2D eigenvalue weighted by Gasteiger charge is -2.06. The lowest BCUT2D eigenvalue weighted by atomic mass is 10.0. The number of aliphatic imine (C=N–C) groups is 2. The third-order valence-corrected chi connectivity index (χ3v) is 6.33. The second kappa shape index (κ2) is 10.4. The summed E-state index contributed by atoms with van der Waals surface area (Å²) < 4.78 is 0. The monoisotopic (exact) mass is 428 g/mol. The van der Waals surface area contributed by atoms with Gasteiger partial charge in [-0.3, -0.25) is 9.98 Å². The van der Waals surface area contributed by atoms with Gasteiger partial charge in [0.05, 0.1) is 17.6 Å². The lowest BCUT2D eigenvalue weighted by Crippen LogP contribution is -2.09. The Kier molecular flexibility index (Phi) is 7.60. The van der Waals surface area contributed by atoms with Crippen LogP contribution in [0.3, 0.4) is 0 Å². The topological polar surface area (TPSA) is 114 Å². The Labute approximate surface area is 178 Å². The molecule has 8 heteroatoms. The first-order valence-corrected chi connectivity index (χ1v) is 11.2. The molecule has 2 aliphatic heterocycles. The van der Waals surface area contributed by atoms with Crippen molar-refractivity contribution in [3.05, 3.63) is 71.3 Å². The molecule has 2 aromatic rings. The van der Waals surface area contributed by atoms with E-state index in [4.69, 9.17) is 16.6 Å². The molecule has 0 aromatic heterocycles. The fourth-order valence-electron chi connectivity index (χ4n) is 3.07. The molecule has 0 fully saturated rings. The first-order valence-electron chi connectivity index (χ1n) is 9.28. The molecule has 0 amide bonds. The van der Waals surface area contributed by atoms with Crippen molar-refractivity contribution in [2.45, 2.75) is 24.9 Å². The number of thioether (sulfide) groups is 2. The molecule has 0 unspecified atom stereocenters. The Morgan fingerprint density at radius 1 is 0.897 bits per heavy atom. The molecular formula is C21H24N4O2S2. The van der Waals surface area contributed by atoms with Gasteiger partial charge in [-0.25, -0.2) is 4.79 Å². The molecular weight excluding hydrogens is 404 g/mol. The zero-order valence-electron chi connectivity index (χ0n) is 15.9. The van der Waals surface area contributed by atoms with Gasteiger partial charge in [-0.1, -0.05) is 66.0 Å². The third kappa shape index (κ3) is 6.83. The van der Waals surface area contributed by atoms with Crippen LogP contribution in [0.25, 0.3) is 0 Å². The number of hydrogen-bond acceptors (Lipinski definition) is 7. The smallest absolute Gasteiger partial charge is 0.335 e. The third-order valence-electron chi connectivity index (χ3n) is 4.43. The van der Waals surface area contributed by atoms with Gasteiger partial charge in [0, 0.05) is 11.5 Å². The van der Waals surface area contributed by atoms with E-state index in [-0.39, 0.29) is 6.04 Å². The number of carboxylic acid groups (broad SMARTS) is 1. The second-order valence-corrected chi connectivity index (χ2v) is 8.84. The highest BCUT2D eigenvalue weighted by Gasteiger charge is 2.17. The fourth-order valence-corrected chi connectivity index (χ4v) is 4.63. The Morgan fingerprint density at radius 3 is 1.97 bits per heavy atom. The van der Waals surface area contributed by atoms with Gasteiger partial charge < -0.3 is 16.6 Å². The van der Waals surface area contributed by atoms with E-state index in [0.717, 1.165) is 35.1 Å². The molecule has 6 nitrogen and oxygen atoms in total. The van der Waals surface area contributed by atoms with Crippen molar-refractivity contribution in [3.8, 4) is 0 Å². The van der Waals surface area contributed by atoms with Gasteiger partial charge in [-0.05, 0) is 36.1 Å². The molecule has 2 atom stereocenters. The molecule has 0 bridgehead atoms. The van der Waals surface area contributed by atoms with Gasteiger partial charge in [0.15, 0.2) is 10.3 Å². The van der Waals surface area contributed by atoms with E-state index in [2.05, 4.69) is 34.3 Å². The average Bonchev–Trinajstić information content (AvgIpc) is 3.31. The highest BCUT2D eigenvalue weighted by Crippen LogP contribution is 2.20. The summed E-state index contributed by atoms with van der Waals surface area (Å²) in [6.45, 7) is 0. The van der Waals surface area contributed by atoms with E-state index in [0.29, 0.717) is 16.8 Å². The minimum Gasteiger partial charge on any atom is -0.478 e. The predicted octanol–water partition coefficient (Wildman–Crippen LogP) is 3.02. The van der Waals surface area contributed by atoms with Gasteiger partial charge in [-0.15, -0.1) is 0 Å². The maximum atomic E-state index is 10.8. The van der Waals surface area contributed by atoms with E-state index in [1.165, 1.54) is 5.56 Å². The summed E-state index contributed by atoms with van der Waals surface area (Å²) >= 11 is 3.20. The number of amidine groups is 2. The van der Waals surface area contributed by atoms with Crippen LogP contribution < -0.4 is 11.5 Å². The largest absolute Gasteiger partial charge is 0.478 e. The first kappa shape index (κ1) is 21.3. The molecule has 0 aliphatic carbocycles. The Hall–Kier alpha value is -2.45. The molecule has 0 radical (unpaired) electrons. The van der Waals surface area contributed by atoms with Gasteiger partial charge in [-0.2, -0.15) is 0 Å². The summed E-state index contributed by atoms with van der Waals surface area (Å²) in [5.74, 6) is 1.01. The minimum atomic E-state index is -0.898. The summed E-state index contributed by atoms with van der Waals surface area (Å²) in [5, 5.41) is 10.2. The van der Waals surface area contributed by atoms with Crippen LogP contribution >= 0.6 is 23.5 Å².